The van der Waals surface area contributed by atoms with Crippen LogP contribution in [-0.2, 0) is 13.0 Å². The van der Waals surface area contributed by atoms with Gasteiger partial charge in [-0.25, -0.2) is 4.98 Å². The summed E-state index contributed by atoms with van der Waals surface area (Å²) in [6.07, 6.45) is 0.751. The van der Waals surface area contributed by atoms with Crippen LogP contribution in [0.3, 0.4) is 0 Å². The first-order valence-corrected chi connectivity index (χ1v) is 8.11. The number of rotatable bonds is 1. The van der Waals surface area contributed by atoms with Crippen molar-refractivity contribution in [3.05, 3.63) is 45.6 Å². The fourth-order valence-corrected chi connectivity index (χ4v) is 3.85. The Balaban J connectivity index is 1.63. The molecule has 0 aliphatic carbocycles. The molecule has 1 amide bonds. The van der Waals surface area contributed by atoms with Gasteiger partial charge in [-0.1, -0.05) is 11.6 Å². The highest BCUT2D eigenvalue weighted by molar-refractivity contribution is 7.15. The maximum atomic E-state index is 12.7. The van der Waals surface area contributed by atoms with Crippen molar-refractivity contribution in [1.82, 2.24) is 14.9 Å². The van der Waals surface area contributed by atoms with Crippen LogP contribution in [0, 0.1) is 0 Å². The fourth-order valence-electron chi connectivity index (χ4n) is 2.78. The molecule has 3 N–H and O–H groups in total. The Hall–Kier alpha value is -2.05. The maximum absolute atomic E-state index is 12.7. The molecule has 1 aliphatic heterocycles. The van der Waals surface area contributed by atoms with Crippen LogP contribution < -0.4 is 5.73 Å². The van der Waals surface area contributed by atoms with Gasteiger partial charge in [0.1, 0.15) is 5.69 Å². The molecule has 112 valence electrons. The Labute approximate surface area is 135 Å². The normalized spacial score (nSPS) is 14.3. The van der Waals surface area contributed by atoms with Gasteiger partial charge >= 0.3 is 0 Å². The molecule has 0 spiro atoms. The van der Waals surface area contributed by atoms with Crippen LogP contribution in [0.15, 0.2) is 24.3 Å². The van der Waals surface area contributed by atoms with Gasteiger partial charge in [0.25, 0.3) is 5.91 Å². The van der Waals surface area contributed by atoms with Gasteiger partial charge in [0.2, 0.25) is 0 Å². The number of nitrogens with one attached hydrogen (secondary N) is 1. The highest BCUT2D eigenvalue weighted by Gasteiger charge is 2.25. The molecule has 3 aromatic rings. The number of nitrogen functional groups attached to an aromatic ring is 1. The second-order valence-electron chi connectivity index (χ2n) is 5.31. The van der Waals surface area contributed by atoms with Crippen molar-refractivity contribution >= 4 is 44.9 Å². The van der Waals surface area contributed by atoms with Gasteiger partial charge in [-0.15, -0.1) is 11.3 Å². The molecular weight excluding hydrogens is 320 g/mol. The minimum atomic E-state index is -0.00931. The van der Waals surface area contributed by atoms with Gasteiger partial charge in [-0.3, -0.25) is 4.79 Å². The number of carbonyl (C=O) groups is 1. The lowest BCUT2D eigenvalue weighted by Crippen LogP contribution is -2.35. The summed E-state index contributed by atoms with van der Waals surface area (Å²) in [5.74, 6) is -0.00931. The van der Waals surface area contributed by atoms with E-state index in [0.717, 1.165) is 27.9 Å². The van der Waals surface area contributed by atoms with E-state index < -0.39 is 0 Å². The van der Waals surface area contributed by atoms with Crippen LogP contribution in [0.2, 0.25) is 5.02 Å². The van der Waals surface area contributed by atoms with E-state index >= 15 is 0 Å². The summed E-state index contributed by atoms with van der Waals surface area (Å²) < 4.78 is 0. The van der Waals surface area contributed by atoms with Crippen LogP contribution in [0.1, 0.15) is 21.1 Å². The van der Waals surface area contributed by atoms with Crippen LogP contribution >= 0.6 is 22.9 Å². The molecule has 0 saturated carbocycles. The molecular formula is C15H13ClN4OS. The van der Waals surface area contributed by atoms with Crippen molar-refractivity contribution in [2.24, 2.45) is 0 Å². The number of nitrogens with two attached hydrogens (primary N) is 1. The first-order valence-electron chi connectivity index (χ1n) is 6.92. The molecule has 1 aliphatic rings. The lowest BCUT2D eigenvalue weighted by Gasteiger charge is -2.25. The van der Waals surface area contributed by atoms with Crippen molar-refractivity contribution in [2.45, 2.75) is 13.0 Å². The molecule has 0 atom stereocenters. The Morgan fingerprint density at radius 1 is 1.41 bits per heavy atom. The Morgan fingerprint density at radius 3 is 3.14 bits per heavy atom. The summed E-state index contributed by atoms with van der Waals surface area (Å²) >= 11 is 7.45. The molecule has 2 aromatic heterocycles. The van der Waals surface area contributed by atoms with E-state index in [9.17, 15) is 4.79 Å². The van der Waals surface area contributed by atoms with Gasteiger partial charge in [-0.2, -0.15) is 0 Å². The first-order chi connectivity index (χ1) is 10.6. The standard InChI is InChI=1S/C15H13ClN4OS/c16-9-1-2-10-8(5-9)6-12(18-10)14(21)20-4-3-11-13(7-20)22-15(17)19-11/h1-2,5-6,18H,3-4,7H2,(H2,17,19). The van der Waals surface area contributed by atoms with Crippen LogP contribution in [0.4, 0.5) is 5.13 Å². The molecule has 4 rings (SSSR count). The van der Waals surface area contributed by atoms with Crippen molar-refractivity contribution in [2.75, 3.05) is 12.3 Å². The first kappa shape index (κ1) is 13.6. The second kappa shape index (κ2) is 5.00. The quantitative estimate of drug-likeness (QED) is 0.719. The number of aromatic amines is 1. The van der Waals surface area contributed by atoms with Crippen LogP contribution in [0.25, 0.3) is 10.9 Å². The summed E-state index contributed by atoms with van der Waals surface area (Å²) in [5, 5.41) is 2.17. The van der Waals surface area contributed by atoms with E-state index in [2.05, 4.69) is 9.97 Å². The number of amides is 1. The predicted octanol–water partition coefficient (Wildman–Crippen LogP) is 3.06. The number of fused-ring (bicyclic) bond motifs is 2. The zero-order valence-electron chi connectivity index (χ0n) is 11.6. The van der Waals surface area contributed by atoms with Crippen molar-refractivity contribution in [1.29, 1.82) is 0 Å². The summed E-state index contributed by atoms with van der Waals surface area (Å²) in [6.45, 7) is 1.23. The number of hydrogen-bond donors (Lipinski definition) is 2. The Bertz CT molecular complexity index is 885. The number of benzene rings is 1. The fraction of sp³-hybridized carbons (Fsp3) is 0.200. The van der Waals surface area contributed by atoms with Gasteiger partial charge < -0.3 is 15.6 Å². The van der Waals surface area contributed by atoms with E-state index in [1.165, 1.54) is 11.3 Å². The molecule has 0 fully saturated rings. The monoisotopic (exact) mass is 332 g/mol. The number of thiazole rings is 1. The largest absolute Gasteiger partial charge is 0.375 e. The minimum absolute atomic E-state index is 0.00931. The number of H-pyrrole nitrogens is 1. The third-order valence-electron chi connectivity index (χ3n) is 3.85. The lowest BCUT2D eigenvalue weighted by molar-refractivity contribution is 0.0731. The molecule has 0 bridgehead atoms. The SMILES string of the molecule is Nc1nc2c(s1)CN(C(=O)c1cc3cc(Cl)ccc3[nH]1)CC2. The summed E-state index contributed by atoms with van der Waals surface area (Å²) in [6, 6.07) is 7.39. The number of nitrogens with zero attached hydrogens (tertiary/aromatic N) is 2. The van der Waals surface area contributed by atoms with Crippen molar-refractivity contribution < 1.29 is 4.79 Å². The highest BCUT2D eigenvalue weighted by Crippen LogP contribution is 2.28. The predicted molar refractivity (Wildman–Crippen MR) is 88.3 cm³/mol. The molecule has 0 saturated heterocycles. The zero-order valence-corrected chi connectivity index (χ0v) is 13.2. The Kier molecular flexibility index (Phi) is 3.09. The number of aromatic nitrogens is 2. The molecule has 22 heavy (non-hydrogen) atoms. The zero-order chi connectivity index (χ0) is 15.3. The summed E-state index contributed by atoms with van der Waals surface area (Å²) in [7, 11) is 0. The third kappa shape index (κ3) is 2.24. The molecule has 0 unspecified atom stereocenters. The smallest absolute Gasteiger partial charge is 0.270 e. The maximum Gasteiger partial charge on any atom is 0.270 e. The number of anilines is 1. The number of hydrogen-bond acceptors (Lipinski definition) is 4. The van der Waals surface area contributed by atoms with Crippen molar-refractivity contribution in [3.63, 3.8) is 0 Å². The van der Waals surface area contributed by atoms with Gasteiger partial charge in [0, 0.05) is 33.8 Å². The van der Waals surface area contributed by atoms with Gasteiger partial charge in [0.15, 0.2) is 5.13 Å². The van der Waals surface area contributed by atoms with E-state index in [4.69, 9.17) is 17.3 Å². The number of carbonyl (C=O) groups excluding carboxylic acids is 1. The highest BCUT2D eigenvalue weighted by atomic mass is 35.5. The number of halogens is 1. The average Bonchev–Trinajstić information content (AvgIpc) is 3.07. The van der Waals surface area contributed by atoms with Gasteiger partial charge in [0.05, 0.1) is 12.2 Å². The second-order valence-corrected chi connectivity index (χ2v) is 6.86. The summed E-state index contributed by atoms with van der Waals surface area (Å²) in [5.41, 5.74) is 8.26. The average molecular weight is 333 g/mol. The molecule has 1 aromatic carbocycles. The lowest BCUT2D eigenvalue weighted by atomic mass is 10.1. The van der Waals surface area contributed by atoms with Crippen LogP contribution in [0.5, 0.6) is 0 Å². The summed E-state index contributed by atoms with van der Waals surface area (Å²) in [4.78, 5) is 23.1. The molecule has 0 radical (unpaired) electrons. The molecule has 3 heterocycles. The van der Waals surface area contributed by atoms with E-state index in [1.54, 1.807) is 0 Å². The Morgan fingerprint density at radius 2 is 2.27 bits per heavy atom. The topological polar surface area (TPSA) is 75.0 Å². The van der Waals surface area contributed by atoms with E-state index in [-0.39, 0.29) is 5.91 Å². The minimum Gasteiger partial charge on any atom is -0.375 e. The van der Waals surface area contributed by atoms with E-state index in [1.807, 2.05) is 29.2 Å². The van der Waals surface area contributed by atoms with E-state index in [0.29, 0.717) is 28.9 Å². The third-order valence-corrected chi connectivity index (χ3v) is 4.99. The molecule has 5 nitrogen and oxygen atoms in total. The molecule has 7 heteroatoms. The van der Waals surface area contributed by atoms with Gasteiger partial charge in [-0.05, 0) is 24.3 Å². The van der Waals surface area contributed by atoms with Crippen molar-refractivity contribution in [3.8, 4) is 0 Å². The van der Waals surface area contributed by atoms with Crippen LogP contribution in [-0.4, -0.2) is 27.3 Å².